The van der Waals surface area contributed by atoms with Crippen molar-refractivity contribution < 1.29 is 14.6 Å². The van der Waals surface area contributed by atoms with E-state index in [1.807, 2.05) is 0 Å². The van der Waals surface area contributed by atoms with Crippen LogP contribution in [0.3, 0.4) is 0 Å². The molecule has 1 saturated heterocycles. The fourth-order valence-electron chi connectivity index (χ4n) is 1.95. The predicted octanol–water partition coefficient (Wildman–Crippen LogP) is 1.26. The van der Waals surface area contributed by atoms with E-state index in [1.165, 1.54) is 0 Å². The van der Waals surface area contributed by atoms with Crippen molar-refractivity contribution >= 4 is 5.97 Å². The Bertz CT molecular complexity index is 196. The fourth-order valence-corrected chi connectivity index (χ4v) is 1.95. The van der Waals surface area contributed by atoms with Crippen LogP contribution in [-0.2, 0) is 9.53 Å². The van der Waals surface area contributed by atoms with Crippen molar-refractivity contribution in [1.82, 2.24) is 5.32 Å². The van der Waals surface area contributed by atoms with Crippen LogP contribution in [0.5, 0.6) is 0 Å². The Morgan fingerprint density at radius 3 is 3.00 bits per heavy atom. The zero-order chi connectivity index (χ0) is 11.1. The van der Waals surface area contributed by atoms with E-state index >= 15 is 0 Å². The Morgan fingerprint density at radius 1 is 1.53 bits per heavy atom. The SMILES string of the molecule is CCCO[C@H]1CNC[C@H](CCC(=O)O)C1. The van der Waals surface area contributed by atoms with Gasteiger partial charge in [-0.2, -0.15) is 0 Å². The number of nitrogens with one attached hydrogen (secondary N) is 1. The molecule has 0 amide bonds. The summed E-state index contributed by atoms with van der Waals surface area (Å²) >= 11 is 0. The molecule has 0 bridgehead atoms. The van der Waals surface area contributed by atoms with Crippen molar-refractivity contribution in [2.45, 2.75) is 38.7 Å². The zero-order valence-electron chi connectivity index (χ0n) is 9.37. The maximum Gasteiger partial charge on any atom is 0.303 e. The summed E-state index contributed by atoms with van der Waals surface area (Å²) in [6.07, 6.45) is 3.34. The molecule has 1 fully saturated rings. The van der Waals surface area contributed by atoms with Crippen molar-refractivity contribution in [2.75, 3.05) is 19.7 Å². The van der Waals surface area contributed by atoms with E-state index in [-0.39, 0.29) is 12.5 Å². The first-order chi connectivity index (χ1) is 7.22. The number of aliphatic carboxylic acids is 1. The molecule has 0 aromatic rings. The number of rotatable bonds is 6. The summed E-state index contributed by atoms with van der Waals surface area (Å²) in [6, 6.07) is 0. The van der Waals surface area contributed by atoms with Crippen molar-refractivity contribution in [2.24, 2.45) is 5.92 Å². The van der Waals surface area contributed by atoms with Gasteiger partial charge >= 0.3 is 5.97 Å². The standard InChI is InChI=1S/C11H21NO3/c1-2-5-15-10-6-9(7-12-8-10)3-4-11(13)14/h9-10,12H,2-8H2,1H3,(H,13,14)/t9-,10-/m1/s1. The van der Waals surface area contributed by atoms with E-state index in [4.69, 9.17) is 9.84 Å². The van der Waals surface area contributed by atoms with Crippen molar-refractivity contribution in [3.8, 4) is 0 Å². The minimum Gasteiger partial charge on any atom is -0.481 e. The van der Waals surface area contributed by atoms with Gasteiger partial charge in [0.1, 0.15) is 0 Å². The fraction of sp³-hybridized carbons (Fsp3) is 0.909. The molecule has 0 radical (unpaired) electrons. The highest BCUT2D eigenvalue weighted by atomic mass is 16.5. The van der Waals surface area contributed by atoms with E-state index in [2.05, 4.69) is 12.2 Å². The van der Waals surface area contributed by atoms with Crippen molar-refractivity contribution in [3.63, 3.8) is 0 Å². The molecule has 1 aliphatic heterocycles. The van der Waals surface area contributed by atoms with Gasteiger partial charge in [-0.05, 0) is 31.7 Å². The summed E-state index contributed by atoms with van der Waals surface area (Å²) in [4.78, 5) is 10.4. The Balaban J connectivity index is 2.19. The molecule has 4 heteroatoms. The van der Waals surface area contributed by atoms with Crippen LogP contribution in [0.15, 0.2) is 0 Å². The lowest BCUT2D eigenvalue weighted by molar-refractivity contribution is -0.137. The molecule has 88 valence electrons. The van der Waals surface area contributed by atoms with E-state index in [9.17, 15) is 4.79 Å². The first kappa shape index (κ1) is 12.5. The van der Waals surface area contributed by atoms with Gasteiger partial charge in [0, 0.05) is 19.6 Å². The van der Waals surface area contributed by atoms with Gasteiger partial charge in [-0.3, -0.25) is 4.79 Å². The van der Waals surface area contributed by atoms with Gasteiger partial charge in [-0.25, -0.2) is 0 Å². The van der Waals surface area contributed by atoms with Gasteiger partial charge in [0.05, 0.1) is 6.10 Å². The first-order valence-corrected chi connectivity index (χ1v) is 5.76. The van der Waals surface area contributed by atoms with Gasteiger partial charge in [0.15, 0.2) is 0 Å². The number of carboxylic acid groups (broad SMARTS) is 1. The summed E-state index contributed by atoms with van der Waals surface area (Å²) in [7, 11) is 0. The average Bonchev–Trinajstić information content (AvgIpc) is 2.24. The van der Waals surface area contributed by atoms with Crippen LogP contribution in [0.4, 0.5) is 0 Å². The summed E-state index contributed by atoms with van der Waals surface area (Å²) < 4.78 is 5.66. The van der Waals surface area contributed by atoms with Crippen LogP contribution in [0.25, 0.3) is 0 Å². The second-order valence-electron chi connectivity index (χ2n) is 4.19. The van der Waals surface area contributed by atoms with Gasteiger partial charge < -0.3 is 15.2 Å². The third kappa shape index (κ3) is 5.14. The molecular weight excluding hydrogens is 194 g/mol. The molecule has 0 saturated carbocycles. The normalized spacial score (nSPS) is 26.5. The Morgan fingerprint density at radius 2 is 2.33 bits per heavy atom. The van der Waals surface area contributed by atoms with Gasteiger partial charge in [-0.1, -0.05) is 6.92 Å². The highest BCUT2D eigenvalue weighted by Crippen LogP contribution is 2.18. The maximum atomic E-state index is 10.4. The summed E-state index contributed by atoms with van der Waals surface area (Å²) in [6.45, 7) is 4.74. The maximum absolute atomic E-state index is 10.4. The van der Waals surface area contributed by atoms with E-state index < -0.39 is 5.97 Å². The highest BCUT2D eigenvalue weighted by Gasteiger charge is 2.22. The minimum atomic E-state index is -0.702. The van der Waals surface area contributed by atoms with Gasteiger partial charge in [-0.15, -0.1) is 0 Å². The summed E-state index contributed by atoms with van der Waals surface area (Å²) in [5.74, 6) is -0.247. The molecule has 0 aliphatic carbocycles. The van der Waals surface area contributed by atoms with Gasteiger partial charge in [0.2, 0.25) is 0 Å². The molecule has 1 rings (SSSR count). The van der Waals surface area contributed by atoms with E-state index in [1.54, 1.807) is 0 Å². The molecule has 1 heterocycles. The number of ether oxygens (including phenoxy) is 1. The third-order valence-electron chi connectivity index (χ3n) is 2.73. The minimum absolute atomic E-state index is 0.271. The molecule has 0 unspecified atom stereocenters. The Kier molecular flexibility index (Phi) is 5.65. The van der Waals surface area contributed by atoms with Crippen LogP contribution in [0, 0.1) is 5.92 Å². The van der Waals surface area contributed by atoms with Crippen LogP contribution in [-0.4, -0.2) is 36.9 Å². The van der Waals surface area contributed by atoms with Gasteiger partial charge in [0.25, 0.3) is 0 Å². The monoisotopic (exact) mass is 215 g/mol. The molecule has 15 heavy (non-hydrogen) atoms. The smallest absolute Gasteiger partial charge is 0.303 e. The lowest BCUT2D eigenvalue weighted by atomic mass is 9.93. The Labute approximate surface area is 91.0 Å². The number of piperidine rings is 1. The molecular formula is C11H21NO3. The molecule has 2 N–H and O–H groups in total. The Hall–Kier alpha value is -0.610. The third-order valence-corrected chi connectivity index (χ3v) is 2.73. The lowest BCUT2D eigenvalue weighted by Gasteiger charge is -2.29. The zero-order valence-corrected chi connectivity index (χ0v) is 9.37. The topological polar surface area (TPSA) is 58.6 Å². The highest BCUT2D eigenvalue weighted by molar-refractivity contribution is 5.66. The summed E-state index contributed by atoms with van der Waals surface area (Å²) in [5, 5.41) is 11.9. The predicted molar refractivity (Wildman–Crippen MR) is 57.9 cm³/mol. The lowest BCUT2D eigenvalue weighted by Crippen LogP contribution is -2.41. The van der Waals surface area contributed by atoms with E-state index in [0.29, 0.717) is 5.92 Å². The summed E-state index contributed by atoms with van der Waals surface area (Å²) in [5.41, 5.74) is 0. The molecule has 2 atom stereocenters. The second kappa shape index (κ2) is 6.80. The van der Waals surface area contributed by atoms with E-state index in [0.717, 1.165) is 39.0 Å². The first-order valence-electron chi connectivity index (χ1n) is 5.76. The van der Waals surface area contributed by atoms with Crippen LogP contribution >= 0.6 is 0 Å². The quantitative estimate of drug-likeness (QED) is 0.700. The van der Waals surface area contributed by atoms with Crippen molar-refractivity contribution in [1.29, 1.82) is 0 Å². The van der Waals surface area contributed by atoms with Crippen LogP contribution in [0.1, 0.15) is 32.6 Å². The molecule has 0 aromatic heterocycles. The molecule has 4 nitrogen and oxygen atoms in total. The number of hydrogen-bond acceptors (Lipinski definition) is 3. The molecule has 0 aromatic carbocycles. The van der Waals surface area contributed by atoms with Crippen molar-refractivity contribution in [3.05, 3.63) is 0 Å². The molecule has 1 aliphatic rings. The second-order valence-corrected chi connectivity index (χ2v) is 4.19. The average molecular weight is 215 g/mol. The van der Waals surface area contributed by atoms with Crippen LogP contribution in [0.2, 0.25) is 0 Å². The molecule has 0 spiro atoms. The number of carbonyl (C=O) groups is 1. The number of carboxylic acids is 1. The van der Waals surface area contributed by atoms with Crippen LogP contribution < -0.4 is 5.32 Å². The largest absolute Gasteiger partial charge is 0.481 e. The number of hydrogen-bond donors (Lipinski definition) is 2.